The normalized spacial score (nSPS) is 14.1. The van der Waals surface area contributed by atoms with E-state index in [-0.39, 0.29) is 23.9 Å². The maximum Gasteiger partial charge on any atom is 0.272 e. The van der Waals surface area contributed by atoms with Gasteiger partial charge in [-0.05, 0) is 67.7 Å². The predicted molar refractivity (Wildman–Crippen MR) is 109 cm³/mol. The van der Waals surface area contributed by atoms with Crippen LogP contribution in [0.15, 0.2) is 34.8 Å². The predicted octanol–water partition coefficient (Wildman–Crippen LogP) is 3.99. The lowest BCUT2D eigenvalue weighted by Gasteiger charge is -2.24. The van der Waals surface area contributed by atoms with Crippen LogP contribution in [0, 0.1) is 0 Å². The molecule has 1 aliphatic carbocycles. The Hall–Kier alpha value is -2.15. The summed E-state index contributed by atoms with van der Waals surface area (Å²) in [5.41, 5.74) is 1.87. The Morgan fingerprint density at radius 3 is 2.56 bits per heavy atom. The van der Waals surface area contributed by atoms with Crippen molar-refractivity contribution < 1.29 is 9.59 Å². The summed E-state index contributed by atoms with van der Waals surface area (Å²) in [6.45, 7) is 6.03. The van der Waals surface area contributed by atoms with Gasteiger partial charge in [-0.25, -0.2) is 0 Å². The molecule has 6 nitrogen and oxygen atoms in total. The van der Waals surface area contributed by atoms with Gasteiger partial charge >= 0.3 is 0 Å². The van der Waals surface area contributed by atoms with E-state index >= 15 is 0 Å². The molecule has 1 aliphatic rings. The SMILES string of the molecule is CN(CC(=O)Nc1ccccc1Br)C(=O)c1cc(C2CC2)nn1C(C)(C)C. The Morgan fingerprint density at radius 1 is 1.30 bits per heavy atom. The first kappa shape index (κ1) is 19.6. The maximum absolute atomic E-state index is 13.0. The number of benzene rings is 1. The van der Waals surface area contributed by atoms with Crippen molar-refractivity contribution in [2.24, 2.45) is 0 Å². The summed E-state index contributed by atoms with van der Waals surface area (Å²) in [7, 11) is 1.64. The molecule has 3 rings (SSSR count). The van der Waals surface area contributed by atoms with Gasteiger partial charge in [-0.1, -0.05) is 12.1 Å². The van der Waals surface area contributed by atoms with Gasteiger partial charge < -0.3 is 10.2 Å². The molecule has 1 saturated carbocycles. The summed E-state index contributed by atoms with van der Waals surface area (Å²) in [5.74, 6) is 0.0118. The highest BCUT2D eigenvalue weighted by atomic mass is 79.9. The van der Waals surface area contributed by atoms with Gasteiger partial charge in [0.25, 0.3) is 5.91 Å². The first-order chi connectivity index (χ1) is 12.7. The molecule has 0 saturated heterocycles. The highest BCUT2D eigenvalue weighted by molar-refractivity contribution is 9.10. The number of aromatic nitrogens is 2. The second-order valence-electron chi connectivity index (χ2n) is 8.00. The number of amides is 2. The Kier molecular flexibility index (Phi) is 5.42. The monoisotopic (exact) mass is 432 g/mol. The van der Waals surface area contributed by atoms with Gasteiger partial charge in [0.05, 0.1) is 23.5 Å². The summed E-state index contributed by atoms with van der Waals surface area (Å²) < 4.78 is 2.58. The van der Waals surface area contributed by atoms with Crippen molar-refractivity contribution in [2.45, 2.75) is 45.1 Å². The van der Waals surface area contributed by atoms with E-state index in [2.05, 4.69) is 26.3 Å². The number of rotatable bonds is 5. The number of hydrogen-bond acceptors (Lipinski definition) is 3. The minimum Gasteiger partial charge on any atom is -0.331 e. The molecule has 1 aromatic heterocycles. The first-order valence-corrected chi connectivity index (χ1v) is 9.86. The molecule has 7 heteroatoms. The van der Waals surface area contributed by atoms with Crippen molar-refractivity contribution in [3.05, 3.63) is 46.2 Å². The van der Waals surface area contributed by atoms with Crippen LogP contribution in [0.2, 0.25) is 0 Å². The van der Waals surface area contributed by atoms with Crippen molar-refractivity contribution in [3.63, 3.8) is 0 Å². The molecular weight excluding hydrogens is 408 g/mol. The molecule has 1 fully saturated rings. The third kappa shape index (κ3) is 4.58. The van der Waals surface area contributed by atoms with Crippen LogP contribution in [-0.4, -0.2) is 40.1 Å². The molecule has 0 aliphatic heterocycles. The molecular formula is C20H25BrN4O2. The smallest absolute Gasteiger partial charge is 0.272 e. The molecule has 1 heterocycles. The zero-order valence-electron chi connectivity index (χ0n) is 16.1. The van der Waals surface area contributed by atoms with Crippen molar-refractivity contribution in [1.82, 2.24) is 14.7 Å². The van der Waals surface area contributed by atoms with E-state index in [1.807, 2.05) is 45.0 Å². The molecule has 0 atom stereocenters. The van der Waals surface area contributed by atoms with Crippen molar-refractivity contribution in [3.8, 4) is 0 Å². The number of para-hydroxylation sites is 1. The average molecular weight is 433 g/mol. The van der Waals surface area contributed by atoms with Gasteiger partial charge in [-0.15, -0.1) is 0 Å². The van der Waals surface area contributed by atoms with E-state index in [1.54, 1.807) is 17.8 Å². The van der Waals surface area contributed by atoms with Crippen molar-refractivity contribution in [2.75, 3.05) is 18.9 Å². The van der Waals surface area contributed by atoms with E-state index in [0.717, 1.165) is 23.0 Å². The minimum absolute atomic E-state index is 0.0335. The van der Waals surface area contributed by atoms with Gasteiger partial charge in [0, 0.05) is 17.4 Å². The quantitative estimate of drug-likeness (QED) is 0.776. The highest BCUT2D eigenvalue weighted by Crippen LogP contribution is 2.40. The molecule has 0 unspecified atom stereocenters. The van der Waals surface area contributed by atoms with E-state index < -0.39 is 0 Å². The van der Waals surface area contributed by atoms with Crippen LogP contribution in [-0.2, 0) is 10.3 Å². The second kappa shape index (κ2) is 7.46. The van der Waals surface area contributed by atoms with Crippen LogP contribution >= 0.6 is 15.9 Å². The van der Waals surface area contributed by atoms with Crippen LogP contribution < -0.4 is 5.32 Å². The van der Waals surface area contributed by atoms with Crippen LogP contribution in [0.25, 0.3) is 0 Å². The van der Waals surface area contributed by atoms with E-state index in [4.69, 9.17) is 0 Å². The number of halogens is 1. The summed E-state index contributed by atoms with van der Waals surface area (Å²) in [6, 6.07) is 9.26. The van der Waals surface area contributed by atoms with Gasteiger partial charge in [-0.3, -0.25) is 14.3 Å². The number of likely N-dealkylation sites (N-methyl/N-ethyl adjacent to an activating group) is 1. The molecule has 27 heavy (non-hydrogen) atoms. The third-order valence-electron chi connectivity index (χ3n) is 4.45. The largest absolute Gasteiger partial charge is 0.331 e. The maximum atomic E-state index is 13.0. The fourth-order valence-electron chi connectivity index (χ4n) is 2.88. The van der Waals surface area contributed by atoms with E-state index in [9.17, 15) is 9.59 Å². The first-order valence-electron chi connectivity index (χ1n) is 9.07. The van der Waals surface area contributed by atoms with Crippen LogP contribution in [0.3, 0.4) is 0 Å². The lowest BCUT2D eigenvalue weighted by Crippen LogP contribution is -2.38. The number of carbonyl (C=O) groups is 2. The summed E-state index contributed by atoms with van der Waals surface area (Å²) >= 11 is 3.40. The fourth-order valence-corrected chi connectivity index (χ4v) is 3.26. The zero-order chi connectivity index (χ0) is 19.8. The number of carbonyl (C=O) groups excluding carboxylic acids is 2. The van der Waals surface area contributed by atoms with Crippen molar-refractivity contribution >= 4 is 33.4 Å². The number of nitrogens with one attached hydrogen (secondary N) is 1. The number of hydrogen-bond donors (Lipinski definition) is 1. The summed E-state index contributed by atoms with van der Waals surface area (Å²) in [4.78, 5) is 26.8. The Labute approximate surface area is 168 Å². The Morgan fingerprint density at radius 2 is 1.96 bits per heavy atom. The van der Waals surface area contributed by atoms with Crippen LogP contribution in [0.4, 0.5) is 5.69 Å². The molecule has 1 aromatic carbocycles. The molecule has 2 amide bonds. The molecule has 1 N–H and O–H groups in total. The third-order valence-corrected chi connectivity index (χ3v) is 5.15. The molecule has 0 bridgehead atoms. The fraction of sp³-hybridized carbons (Fsp3) is 0.450. The van der Waals surface area contributed by atoms with Crippen LogP contribution in [0.5, 0.6) is 0 Å². The van der Waals surface area contributed by atoms with Gasteiger partial charge in [-0.2, -0.15) is 5.10 Å². The van der Waals surface area contributed by atoms with Gasteiger partial charge in [0.1, 0.15) is 5.69 Å². The van der Waals surface area contributed by atoms with Gasteiger partial charge in [0.15, 0.2) is 0 Å². The molecule has 144 valence electrons. The Bertz CT molecular complexity index is 865. The van der Waals surface area contributed by atoms with E-state index in [1.165, 1.54) is 4.90 Å². The highest BCUT2D eigenvalue weighted by Gasteiger charge is 2.32. The number of nitrogens with zero attached hydrogens (tertiary/aromatic N) is 3. The average Bonchev–Trinajstić information content (AvgIpc) is 3.33. The lowest BCUT2D eigenvalue weighted by atomic mass is 10.1. The van der Waals surface area contributed by atoms with E-state index in [0.29, 0.717) is 17.3 Å². The standard InChI is InChI=1S/C20H25BrN4O2/c1-20(2,3)25-17(11-16(23-25)13-9-10-13)19(27)24(4)12-18(26)22-15-8-6-5-7-14(15)21/h5-8,11,13H,9-10,12H2,1-4H3,(H,22,26). The summed E-state index contributed by atoms with van der Waals surface area (Å²) in [6.07, 6.45) is 2.25. The molecule has 2 aromatic rings. The topological polar surface area (TPSA) is 67.2 Å². The zero-order valence-corrected chi connectivity index (χ0v) is 17.7. The molecule has 0 radical (unpaired) electrons. The minimum atomic E-state index is -0.309. The van der Waals surface area contributed by atoms with Gasteiger partial charge in [0.2, 0.25) is 5.91 Å². The summed E-state index contributed by atoms with van der Waals surface area (Å²) in [5, 5.41) is 7.49. The second-order valence-corrected chi connectivity index (χ2v) is 8.85. The molecule has 0 spiro atoms. The number of anilines is 1. The lowest BCUT2D eigenvalue weighted by molar-refractivity contribution is -0.116. The van der Waals surface area contributed by atoms with Crippen molar-refractivity contribution in [1.29, 1.82) is 0 Å². The van der Waals surface area contributed by atoms with Crippen LogP contribution in [0.1, 0.15) is 55.7 Å². The Balaban J connectivity index is 1.73.